The molecule has 0 atom stereocenters. The van der Waals surface area contributed by atoms with E-state index in [0.717, 1.165) is 0 Å². The Bertz CT molecular complexity index is 463. The lowest BCUT2D eigenvalue weighted by molar-refractivity contribution is -0.121. The second-order valence-electron chi connectivity index (χ2n) is 3.56. The van der Waals surface area contributed by atoms with Gasteiger partial charge in [-0.15, -0.1) is 0 Å². The van der Waals surface area contributed by atoms with Gasteiger partial charge in [0, 0.05) is 7.11 Å². The molecule has 1 aromatic carbocycles. The normalized spacial score (nSPS) is 10.2. The highest BCUT2D eigenvalue weighted by Gasteiger charge is 2.15. The summed E-state index contributed by atoms with van der Waals surface area (Å²) < 4.78 is 9.78. The Morgan fingerprint density at radius 3 is 2.74 bits per heavy atom. The number of methoxy groups -OCH3 is 1. The summed E-state index contributed by atoms with van der Waals surface area (Å²) in [5.74, 6) is -1.66. The molecule has 0 spiro atoms. The molecular weight excluding hydrogens is 274 g/mol. The first-order chi connectivity index (χ1) is 9.06. The van der Waals surface area contributed by atoms with E-state index in [9.17, 15) is 9.59 Å². The molecule has 0 bridgehead atoms. The summed E-state index contributed by atoms with van der Waals surface area (Å²) >= 11 is 5.77. The Balaban J connectivity index is 2.64. The van der Waals surface area contributed by atoms with E-state index in [-0.39, 0.29) is 29.5 Å². The van der Waals surface area contributed by atoms with Crippen LogP contribution < -0.4 is 5.32 Å². The van der Waals surface area contributed by atoms with Crippen molar-refractivity contribution < 1.29 is 24.2 Å². The van der Waals surface area contributed by atoms with Crippen LogP contribution in [0.1, 0.15) is 10.4 Å². The Hall–Kier alpha value is -1.63. The highest BCUT2D eigenvalue weighted by atomic mass is 35.5. The van der Waals surface area contributed by atoms with E-state index < -0.39 is 11.9 Å². The molecule has 0 aromatic heterocycles. The molecule has 0 unspecified atom stereocenters. The fourth-order valence-electron chi connectivity index (χ4n) is 1.34. The lowest BCUT2D eigenvalue weighted by Crippen LogP contribution is -2.21. The number of hydrogen-bond acceptors (Lipinski definition) is 4. The number of rotatable bonds is 7. The first-order valence-electron chi connectivity index (χ1n) is 5.44. The minimum absolute atomic E-state index is 0.0607. The minimum atomic E-state index is -1.21. The van der Waals surface area contributed by atoms with Crippen LogP contribution in [0.15, 0.2) is 18.2 Å². The molecule has 1 rings (SSSR count). The minimum Gasteiger partial charge on any atom is -0.478 e. The molecule has 1 amide bonds. The molecule has 0 aliphatic carbocycles. The third-order valence-corrected chi connectivity index (χ3v) is 2.48. The van der Waals surface area contributed by atoms with Crippen molar-refractivity contribution in [3.63, 3.8) is 0 Å². The third kappa shape index (κ3) is 4.86. The summed E-state index contributed by atoms with van der Waals surface area (Å²) in [5, 5.41) is 11.5. The Labute approximate surface area is 115 Å². The van der Waals surface area contributed by atoms with Crippen LogP contribution in [0.25, 0.3) is 0 Å². The SMILES string of the molecule is COCCOCC(=O)Nc1cccc(Cl)c1C(=O)O. The van der Waals surface area contributed by atoms with Gasteiger partial charge in [-0.05, 0) is 12.1 Å². The number of nitrogens with one attached hydrogen (secondary N) is 1. The van der Waals surface area contributed by atoms with Crippen molar-refractivity contribution in [2.75, 3.05) is 32.2 Å². The molecule has 0 radical (unpaired) electrons. The van der Waals surface area contributed by atoms with Crippen LogP contribution in [0.2, 0.25) is 5.02 Å². The smallest absolute Gasteiger partial charge is 0.339 e. The zero-order valence-electron chi connectivity index (χ0n) is 10.3. The molecule has 0 aliphatic heterocycles. The molecule has 6 nitrogen and oxygen atoms in total. The second kappa shape index (κ2) is 7.73. The van der Waals surface area contributed by atoms with Gasteiger partial charge in [0.2, 0.25) is 5.91 Å². The van der Waals surface area contributed by atoms with Gasteiger partial charge in [-0.3, -0.25) is 4.79 Å². The predicted octanol–water partition coefficient (Wildman–Crippen LogP) is 1.64. The van der Waals surface area contributed by atoms with Gasteiger partial charge in [0.1, 0.15) is 12.2 Å². The largest absolute Gasteiger partial charge is 0.478 e. The molecule has 7 heteroatoms. The van der Waals surface area contributed by atoms with Crippen LogP contribution in [0.3, 0.4) is 0 Å². The van der Waals surface area contributed by atoms with E-state index in [1.165, 1.54) is 19.2 Å². The topological polar surface area (TPSA) is 84.9 Å². The van der Waals surface area contributed by atoms with Crippen LogP contribution in [-0.2, 0) is 14.3 Å². The number of carboxylic acids is 1. The number of amides is 1. The number of anilines is 1. The maximum absolute atomic E-state index is 11.5. The van der Waals surface area contributed by atoms with Gasteiger partial charge < -0.3 is 19.9 Å². The van der Waals surface area contributed by atoms with Crippen molar-refractivity contribution in [1.29, 1.82) is 0 Å². The van der Waals surface area contributed by atoms with Crippen LogP contribution in [0, 0.1) is 0 Å². The standard InChI is InChI=1S/C12H14ClNO5/c1-18-5-6-19-7-10(15)14-9-4-2-3-8(13)11(9)12(16)17/h2-4H,5-7H2,1H3,(H,14,15)(H,16,17). The van der Waals surface area contributed by atoms with E-state index in [1.807, 2.05) is 0 Å². The van der Waals surface area contributed by atoms with Crippen LogP contribution >= 0.6 is 11.6 Å². The number of hydrogen-bond donors (Lipinski definition) is 2. The lowest BCUT2D eigenvalue weighted by Gasteiger charge is -2.09. The summed E-state index contributed by atoms with van der Waals surface area (Å²) in [4.78, 5) is 22.6. The van der Waals surface area contributed by atoms with Crippen molar-refractivity contribution in [2.45, 2.75) is 0 Å². The predicted molar refractivity (Wildman–Crippen MR) is 69.7 cm³/mol. The van der Waals surface area contributed by atoms with Crippen molar-refractivity contribution in [3.8, 4) is 0 Å². The van der Waals surface area contributed by atoms with Gasteiger partial charge >= 0.3 is 5.97 Å². The summed E-state index contributed by atoms with van der Waals surface area (Å²) in [5.41, 5.74) is -0.00486. The first-order valence-corrected chi connectivity index (χ1v) is 5.82. The summed E-state index contributed by atoms with van der Waals surface area (Å²) in [7, 11) is 1.52. The third-order valence-electron chi connectivity index (χ3n) is 2.17. The average molecular weight is 288 g/mol. The second-order valence-corrected chi connectivity index (χ2v) is 3.97. The molecule has 104 valence electrons. The molecule has 2 N–H and O–H groups in total. The molecule has 0 saturated carbocycles. The van der Waals surface area contributed by atoms with E-state index in [2.05, 4.69) is 5.32 Å². The molecule has 19 heavy (non-hydrogen) atoms. The van der Waals surface area contributed by atoms with E-state index in [4.69, 9.17) is 26.2 Å². The van der Waals surface area contributed by atoms with Gasteiger partial charge in [0.25, 0.3) is 0 Å². The quantitative estimate of drug-likeness (QED) is 0.745. The monoisotopic (exact) mass is 287 g/mol. The Morgan fingerprint density at radius 2 is 2.11 bits per heavy atom. The Morgan fingerprint density at radius 1 is 1.37 bits per heavy atom. The number of carbonyl (C=O) groups is 2. The highest BCUT2D eigenvalue weighted by molar-refractivity contribution is 6.34. The summed E-state index contributed by atoms with van der Waals surface area (Å²) in [6.45, 7) is 0.477. The number of carboxylic acid groups (broad SMARTS) is 1. The van der Waals surface area contributed by atoms with Crippen molar-refractivity contribution in [1.82, 2.24) is 0 Å². The summed E-state index contributed by atoms with van der Waals surface area (Å²) in [6, 6.07) is 4.45. The number of ether oxygens (including phenoxy) is 2. The number of carbonyl (C=O) groups excluding carboxylic acids is 1. The van der Waals surface area contributed by atoms with Gasteiger partial charge in [-0.1, -0.05) is 17.7 Å². The maximum Gasteiger partial charge on any atom is 0.339 e. The van der Waals surface area contributed by atoms with Crippen molar-refractivity contribution in [2.24, 2.45) is 0 Å². The number of benzene rings is 1. The fourth-order valence-corrected chi connectivity index (χ4v) is 1.59. The van der Waals surface area contributed by atoms with Crippen molar-refractivity contribution in [3.05, 3.63) is 28.8 Å². The molecular formula is C12H14ClNO5. The first kappa shape index (κ1) is 15.4. The van der Waals surface area contributed by atoms with Gasteiger partial charge in [0.05, 0.1) is 23.9 Å². The summed E-state index contributed by atoms with van der Waals surface area (Å²) in [6.07, 6.45) is 0. The van der Waals surface area contributed by atoms with E-state index in [1.54, 1.807) is 6.07 Å². The maximum atomic E-state index is 11.5. The molecule has 0 fully saturated rings. The molecule has 0 saturated heterocycles. The van der Waals surface area contributed by atoms with E-state index in [0.29, 0.717) is 6.61 Å². The molecule has 0 heterocycles. The fraction of sp³-hybridized carbons (Fsp3) is 0.333. The van der Waals surface area contributed by atoms with Gasteiger partial charge in [-0.2, -0.15) is 0 Å². The van der Waals surface area contributed by atoms with Crippen LogP contribution in [0.4, 0.5) is 5.69 Å². The number of halogens is 1. The van der Waals surface area contributed by atoms with Crippen LogP contribution in [0.5, 0.6) is 0 Å². The molecule has 1 aromatic rings. The lowest BCUT2D eigenvalue weighted by atomic mass is 10.2. The molecule has 0 aliphatic rings. The Kier molecular flexibility index (Phi) is 6.27. The average Bonchev–Trinajstić information content (AvgIpc) is 2.34. The van der Waals surface area contributed by atoms with Gasteiger partial charge in [0.15, 0.2) is 0 Å². The van der Waals surface area contributed by atoms with Crippen molar-refractivity contribution >= 4 is 29.2 Å². The van der Waals surface area contributed by atoms with Crippen LogP contribution in [-0.4, -0.2) is 43.9 Å². The number of aromatic carboxylic acids is 1. The zero-order chi connectivity index (χ0) is 14.3. The van der Waals surface area contributed by atoms with E-state index >= 15 is 0 Å². The van der Waals surface area contributed by atoms with Gasteiger partial charge in [-0.25, -0.2) is 4.79 Å². The zero-order valence-corrected chi connectivity index (χ0v) is 11.1. The highest BCUT2D eigenvalue weighted by Crippen LogP contribution is 2.24.